The number of aromatic nitrogens is 1. The van der Waals surface area contributed by atoms with Crippen molar-refractivity contribution < 1.29 is 9.53 Å². The molecular weight excluding hydrogens is 372 g/mol. The van der Waals surface area contributed by atoms with Gasteiger partial charge in [0.05, 0.1) is 5.69 Å². The lowest BCUT2D eigenvalue weighted by Crippen LogP contribution is -2.43. The molecular formula is C21H30N4O2S. The average Bonchev–Trinajstić information content (AvgIpc) is 3.06. The number of nitrogens with zero attached hydrogens (tertiary/aromatic N) is 2. The van der Waals surface area contributed by atoms with Gasteiger partial charge in [0.1, 0.15) is 9.71 Å². The SMILES string of the molecule is CNC(=O)c1sc2nc(C3(C)CCN(CC4CCOCC4)CC3)ccc2c1N. The summed E-state index contributed by atoms with van der Waals surface area (Å²) in [5, 5.41) is 3.54. The van der Waals surface area contributed by atoms with Crippen LogP contribution in [-0.2, 0) is 10.2 Å². The summed E-state index contributed by atoms with van der Waals surface area (Å²) in [6.07, 6.45) is 4.61. The highest BCUT2D eigenvalue weighted by Gasteiger charge is 2.34. The number of hydrogen-bond donors (Lipinski definition) is 2. The number of nitrogen functional groups attached to an aromatic ring is 1. The molecule has 4 heterocycles. The van der Waals surface area contributed by atoms with E-state index in [0.717, 1.165) is 61.0 Å². The number of piperidine rings is 1. The van der Waals surface area contributed by atoms with Crippen LogP contribution < -0.4 is 11.1 Å². The van der Waals surface area contributed by atoms with Gasteiger partial charge in [-0.2, -0.15) is 0 Å². The number of thiophene rings is 1. The third-order valence-electron chi connectivity index (χ3n) is 6.46. The van der Waals surface area contributed by atoms with Crippen molar-refractivity contribution in [3.63, 3.8) is 0 Å². The number of fused-ring (bicyclic) bond motifs is 1. The second kappa shape index (κ2) is 7.97. The van der Waals surface area contributed by atoms with Crippen LogP contribution in [0.25, 0.3) is 10.2 Å². The number of nitrogens with two attached hydrogens (primary N) is 1. The molecule has 4 rings (SSSR count). The molecule has 2 aliphatic heterocycles. The lowest BCUT2D eigenvalue weighted by molar-refractivity contribution is 0.0453. The van der Waals surface area contributed by atoms with Crippen LogP contribution in [0.5, 0.6) is 0 Å². The van der Waals surface area contributed by atoms with Gasteiger partial charge in [-0.05, 0) is 56.8 Å². The summed E-state index contributed by atoms with van der Waals surface area (Å²) in [7, 11) is 1.63. The Morgan fingerprint density at radius 3 is 2.75 bits per heavy atom. The summed E-state index contributed by atoms with van der Waals surface area (Å²) in [6.45, 7) is 7.59. The molecule has 1 amide bonds. The lowest BCUT2D eigenvalue weighted by Gasteiger charge is -2.40. The Bertz CT molecular complexity index is 851. The normalized spacial score (nSPS) is 21.1. The number of anilines is 1. The first-order chi connectivity index (χ1) is 13.5. The van der Waals surface area contributed by atoms with Gasteiger partial charge in [-0.1, -0.05) is 6.92 Å². The molecule has 28 heavy (non-hydrogen) atoms. The molecule has 0 spiro atoms. The zero-order valence-electron chi connectivity index (χ0n) is 16.8. The summed E-state index contributed by atoms with van der Waals surface area (Å²) in [5.74, 6) is 0.638. The van der Waals surface area contributed by atoms with Gasteiger partial charge in [-0.25, -0.2) is 4.98 Å². The third kappa shape index (κ3) is 3.75. The van der Waals surface area contributed by atoms with Crippen molar-refractivity contribution in [2.24, 2.45) is 5.92 Å². The second-order valence-corrected chi connectivity index (χ2v) is 9.39. The van der Waals surface area contributed by atoms with Gasteiger partial charge < -0.3 is 20.7 Å². The van der Waals surface area contributed by atoms with E-state index in [1.807, 2.05) is 6.07 Å². The molecule has 2 aromatic rings. The van der Waals surface area contributed by atoms with Gasteiger partial charge >= 0.3 is 0 Å². The van der Waals surface area contributed by atoms with Crippen LogP contribution in [0.2, 0.25) is 0 Å². The highest BCUT2D eigenvalue weighted by Crippen LogP contribution is 2.38. The standard InChI is InChI=1S/C21H30N4O2S/c1-21(7-9-25(10-8-21)13-14-5-11-27-12-6-14)16-4-3-15-17(22)18(19(26)23-2)28-20(15)24-16/h3-4,14H,5-13,22H2,1-2H3,(H,23,26). The first kappa shape index (κ1) is 19.6. The predicted octanol–water partition coefficient (Wildman–Crippen LogP) is 3.02. The van der Waals surface area contributed by atoms with Crippen LogP contribution >= 0.6 is 11.3 Å². The van der Waals surface area contributed by atoms with Crippen LogP contribution in [-0.4, -0.2) is 55.7 Å². The topological polar surface area (TPSA) is 80.5 Å². The van der Waals surface area contributed by atoms with Crippen molar-refractivity contribution in [3.8, 4) is 0 Å². The molecule has 0 saturated carbocycles. The van der Waals surface area contributed by atoms with E-state index in [1.165, 1.54) is 30.7 Å². The summed E-state index contributed by atoms with van der Waals surface area (Å²) >= 11 is 1.39. The molecule has 0 aliphatic carbocycles. The number of ether oxygens (including phenoxy) is 1. The van der Waals surface area contributed by atoms with E-state index in [2.05, 4.69) is 23.2 Å². The molecule has 2 fully saturated rings. The number of rotatable bonds is 4. The van der Waals surface area contributed by atoms with E-state index in [1.54, 1.807) is 7.05 Å². The van der Waals surface area contributed by atoms with Gasteiger partial charge in [0.15, 0.2) is 0 Å². The molecule has 2 saturated heterocycles. The zero-order chi connectivity index (χ0) is 19.7. The first-order valence-corrected chi connectivity index (χ1v) is 11.0. The molecule has 6 nitrogen and oxygen atoms in total. The fraction of sp³-hybridized carbons (Fsp3) is 0.619. The summed E-state index contributed by atoms with van der Waals surface area (Å²) in [5.41, 5.74) is 7.91. The minimum absolute atomic E-state index is 0.0757. The van der Waals surface area contributed by atoms with E-state index < -0.39 is 0 Å². The number of carbonyl (C=O) groups excluding carboxylic acids is 1. The number of hydrogen-bond acceptors (Lipinski definition) is 6. The number of likely N-dealkylation sites (tertiary alicyclic amines) is 1. The molecule has 0 unspecified atom stereocenters. The van der Waals surface area contributed by atoms with Gasteiger partial charge in [0.25, 0.3) is 5.91 Å². The predicted molar refractivity (Wildman–Crippen MR) is 114 cm³/mol. The lowest BCUT2D eigenvalue weighted by atomic mass is 9.77. The van der Waals surface area contributed by atoms with Gasteiger partial charge in [0.2, 0.25) is 0 Å². The fourth-order valence-corrected chi connectivity index (χ4v) is 5.43. The maximum Gasteiger partial charge on any atom is 0.263 e. The average molecular weight is 403 g/mol. The van der Waals surface area contributed by atoms with Crippen LogP contribution in [0, 0.1) is 5.92 Å². The largest absolute Gasteiger partial charge is 0.397 e. The van der Waals surface area contributed by atoms with Crippen molar-refractivity contribution in [2.75, 3.05) is 45.6 Å². The van der Waals surface area contributed by atoms with Crippen LogP contribution in [0.3, 0.4) is 0 Å². The zero-order valence-corrected chi connectivity index (χ0v) is 17.6. The molecule has 0 bridgehead atoms. The molecule has 7 heteroatoms. The smallest absolute Gasteiger partial charge is 0.263 e. The molecule has 3 N–H and O–H groups in total. The fourth-order valence-electron chi connectivity index (χ4n) is 4.39. The summed E-state index contributed by atoms with van der Waals surface area (Å²) in [4.78, 5) is 21.0. The Hall–Kier alpha value is -1.70. The molecule has 152 valence electrons. The third-order valence-corrected chi connectivity index (χ3v) is 7.58. The second-order valence-electron chi connectivity index (χ2n) is 8.39. The maximum absolute atomic E-state index is 12.0. The van der Waals surface area contributed by atoms with Crippen molar-refractivity contribution in [1.29, 1.82) is 0 Å². The van der Waals surface area contributed by atoms with E-state index in [9.17, 15) is 4.79 Å². The quantitative estimate of drug-likeness (QED) is 0.822. The summed E-state index contributed by atoms with van der Waals surface area (Å²) in [6, 6.07) is 4.14. The maximum atomic E-state index is 12.0. The Morgan fingerprint density at radius 1 is 1.36 bits per heavy atom. The Kier molecular flexibility index (Phi) is 5.58. The Morgan fingerprint density at radius 2 is 2.07 bits per heavy atom. The highest BCUT2D eigenvalue weighted by molar-refractivity contribution is 7.21. The van der Waals surface area contributed by atoms with Crippen LogP contribution in [0.15, 0.2) is 12.1 Å². The number of amides is 1. The Balaban J connectivity index is 1.47. The van der Waals surface area contributed by atoms with Crippen molar-refractivity contribution in [2.45, 2.75) is 38.0 Å². The first-order valence-electron chi connectivity index (χ1n) is 10.2. The molecule has 0 atom stereocenters. The Labute approximate surface area is 170 Å². The van der Waals surface area contributed by atoms with E-state index >= 15 is 0 Å². The highest BCUT2D eigenvalue weighted by atomic mass is 32.1. The summed E-state index contributed by atoms with van der Waals surface area (Å²) < 4.78 is 5.49. The number of carbonyl (C=O) groups is 1. The molecule has 2 aromatic heterocycles. The van der Waals surface area contributed by atoms with Crippen molar-refractivity contribution >= 4 is 33.1 Å². The van der Waals surface area contributed by atoms with Crippen LogP contribution in [0.4, 0.5) is 5.69 Å². The molecule has 2 aliphatic rings. The van der Waals surface area contributed by atoms with Gasteiger partial charge in [0, 0.05) is 43.3 Å². The van der Waals surface area contributed by atoms with Crippen molar-refractivity contribution in [1.82, 2.24) is 15.2 Å². The van der Waals surface area contributed by atoms with E-state index in [0.29, 0.717) is 10.6 Å². The van der Waals surface area contributed by atoms with E-state index in [-0.39, 0.29) is 11.3 Å². The van der Waals surface area contributed by atoms with Crippen molar-refractivity contribution in [3.05, 3.63) is 22.7 Å². The van der Waals surface area contributed by atoms with Crippen LogP contribution in [0.1, 0.15) is 48.0 Å². The monoisotopic (exact) mass is 402 g/mol. The van der Waals surface area contributed by atoms with Gasteiger partial charge in [-0.3, -0.25) is 4.79 Å². The minimum atomic E-state index is -0.144. The van der Waals surface area contributed by atoms with Gasteiger partial charge in [-0.15, -0.1) is 11.3 Å². The van der Waals surface area contributed by atoms with E-state index in [4.69, 9.17) is 15.5 Å². The molecule has 0 aromatic carbocycles. The number of nitrogens with one attached hydrogen (secondary N) is 1. The molecule has 0 radical (unpaired) electrons. The minimum Gasteiger partial charge on any atom is -0.397 e. The number of pyridine rings is 1.